The Kier molecular flexibility index (Phi) is 5.86. The normalized spacial score (nSPS) is 11.0. The van der Waals surface area contributed by atoms with Crippen molar-refractivity contribution in [1.29, 1.82) is 0 Å². The van der Waals surface area contributed by atoms with Crippen molar-refractivity contribution in [3.05, 3.63) is 54.4 Å². The van der Waals surface area contributed by atoms with Crippen molar-refractivity contribution >= 4 is 22.7 Å². The molecule has 2 aromatic carbocycles. The molecule has 0 aliphatic rings. The summed E-state index contributed by atoms with van der Waals surface area (Å²) in [5, 5.41) is 2.79. The quantitative estimate of drug-likeness (QED) is 0.619. The van der Waals surface area contributed by atoms with E-state index in [9.17, 15) is 4.79 Å². The zero-order valence-electron chi connectivity index (χ0n) is 14.9. The Balaban J connectivity index is 1.43. The van der Waals surface area contributed by atoms with Crippen molar-refractivity contribution in [2.45, 2.75) is 19.8 Å². The number of aromatic nitrogens is 1. The molecule has 0 unspecified atom stereocenters. The Hall–Kier alpha value is -2.86. The van der Waals surface area contributed by atoms with Gasteiger partial charge in [-0.2, -0.15) is 0 Å². The molecule has 0 atom stereocenters. The monoisotopic (exact) mass is 354 g/mol. The average molecular weight is 354 g/mol. The van der Waals surface area contributed by atoms with Crippen LogP contribution in [0.1, 0.15) is 25.7 Å². The van der Waals surface area contributed by atoms with E-state index in [-0.39, 0.29) is 18.4 Å². The molecule has 26 heavy (non-hydrogen) atoms. The largest absolute Gasteiger partial charge is 0.491 e. The van der Waals surface area contributed by atoms with Gasteiger partial charge in [0.05, 0.1) is 6.61 Å². The van der Waals surface area contributed by atoms with E-state index in [1.807, 2.05) is 44.2 Å². The predicted octanol–water partition coefficient (Wildman–Crippen LogP) is 3.99. The molecule has 1 heterocycles. The SMILES string of the molecule is CC(C)c1nc2cc(NC(=O)COCCOc3ccccc3)ccc2o1. The first-order valence-electron chi connectivity index (χ1n) is 8.58. The fourth-order valence-electron chi connectivity index (χ4n) is 2.37. The molecule has 6 heteroatoms. The van der Waals surface area contributed by atoms with E-state index in [1.54, 1.807) is 18.2 Å². The lowest BCUT2D eigenvalue weighted by Gasteiger charge is -2.07. The number of para-hydroxylation sites is 1. The van der Waals surface area contributed by atoms with Crippen molar-refractivity contribution in [3.8, 4) is 5.75 Å². The molecule has 0 fully saturated rings. The smallest absolute Gasteiger partial charge is 0.250 e. The molecular formula is C20H22N2O4. The van der Waals surface area contributed by atoms with Gasteiger partial charge in [-0.1, -0.05) is 32.0 Å². The van der Waals surface area contributed by atoms with Crippen LogP contribution < -0.4 is 10.1 Å². The van der Waals surface area contributed by atoms with Crippen LogP contribution >= 0.6 is 0 Å². The second-order valence-corrected chi connectivity index (χ2v) is 6.15. The number of oxazole rings is 1. The molecule has 1 N–H and O–H groups in total. The minimum absolute atomic E-state index is 0.0355. The molecule has 0 aliphatic carbocycles. The van der Waals surface area contributed by atoms with Gasteiger partial charge >= 0.3 is 0 Å². The third-order valence-corrected chi connectivity index (χ3v) is 3.65. The molecule has 0 aliphatic heterocycles. The van der Waals surface area contributed by atoms with E-state index in [0.717, 1.165) is 11.3 Å². The number of carbonyl (C=O) groups excluding carboxylic acids is 1. The summed E-state index contributed by atoms with van der Waals surface area (Å²) >= 11 is 0. The van der Waals surface area contributed by atoms with E-state index in [0.29, 0.717) is 30.4 Å². The van der Waals surface area contributed by atoms with Crippen LogP contribution in [0.4, 0.5) is 5.69 Å². The molecule has 0 saturated heterocycles. The second kappa shape index (κ2) is 8.49. The molecule has 3 aromatic rings. The summed E-state index contributed by atoms with van der Waals surface area (Å²) in [4.78, 5) is 16.4. The maximum Gasteiger partial charge on any atom is 0.250 e. The van der Waals surface area contributed by atoms with Crippen LogP contribution in [0.5, 0.6) is 5.75 Å². The fourth-order valence-corrected chi connectivity index (χ4v) is 2.37. The number of ether oxygens (including phenoxy) is 2. The number of hydrogen-bond acceptors (Lipinski definition) is 5. The maximum atomic E-state index is 12.0. The molecule has 136 valence electrons. The summed E-state index contributed by atoms with van der Waals surface area (Å²) in [6.07, 6.45) is 0. The lowest BCUT2D eigenvalue weighted by molar-refractivity contribution is -0.120. The van der Waals surface area contributed by atoms with Gasteiger partial charge in [0.2, 0.25) is 5.91 Å². The Morgan fingerprint density at radius 3 is 2.73 bits per heavy atom. The Morgan fingerprint density at radius 2 is 1.96 bits per heavy atom. The van der Waals surface area contributed by atoms with E-state index in [1.165, 1.54) is 0 Å². The number of nitrogens with one attached hydrogen (secondary N) is 1. The third kappa shape index (κ3) is 4.83. The number of anilines is 1. The lowest BCUT2D eigenvalue weighted by Crippen LogP contribution is -2.20. The van der Waals surface area contributed by atoms with E-state index in [2.05, 4.69) is 10.3 Å². The number of benzene rings is 2. The number of amides is 1. The first-order valence-corrected chi connectivity index (χ1v) is 8.58. The van der Waals surface area contributed by atoms with Crippen LogP contribution in [0.25, 0.3) is 11.1 Å². The highest BCUT2D eigenvalue weighted by Crippen LogP contribution is 2.23. The molecule has 0 spiro atoms. The predicted molar refractivity (Wildman–Crippen MR) is 99.5 cm³/mol. The van der Waals surface area contributed by atoms with E-state index < -0.39 is 0 Å². The van der Waals surface area contributed by atoms with Gasteiger partial charge in [-0.05, 0) is 30.3 Å². The van der Waals surface area contributed by atoms with Crippen molar-refractivity contribution in [2.75, 3.05) is 25.1 Å². The van der Waals surface area contributed by atoms with Crippen molar-refractivity contribution in [3.63, 3.8) is 0 Å². The van der Waals surface area contributed by atoms with Gasteiger partial charge in [0.25, 0.3) is 0 Å². The summed E-state index contributed by atoms with van der Waals surface area (Å²) in [5.41, 5.74) is 2.10. The molecule has 0 radical (unpaired) electrons. The first kappa shape index (κ1) is 17.9. The maximum absolute atomic E-state index is 12.0. The minimum Gasteiger partial charge on any atom is -0.491 e. The van der Waals surface area contributed by atoms with Crippen LogP contribution in [0.2, 0.25) is 0 Å². The van der Waals surface area contributed by atoms with Crippen LogP contribution in [0.15, 0.2) is 52.9 Å². The van der Waals surface area contributed by atoms with Crippen LogP contribution in [-0.2, 0) is 9.53 Å². The van der Waals surface area contributed by atoms with Crippen LogP contribution in [-0.4, -0.2) is 30.7 Å². The highest BCUT2D eigenvalue weighted by atomic mass is 16.5. The Labute approximate surface area is 152 Å². The Bertz CT molecular complexity index is 859. The van der Waals surface area contributed by atoms with Gasteiger partial charge < -0.3 is 19.2 Å². The summed E-state index contributed by atoms with van der Waals surface area (Å²) in [6.45, 7) is 4.73. The van der Waals surface area contributed by atoms with Crippen LogP contribution in [0, 0.1) is 0 Å². The number of rotatable bonds is 8. The van der Waals surface area contributed by atoms with Gasteiger partial charge in [0, 0.05) is 11.6 Å². The van der Waals surface area contributed by atoms with Crippen molar-refractivity contribution in [1.82, 2.24) is 4.98 Å². The van der Waals surface area contributed by atoms with Gasteiger partial charge in [-0.25, -0.2) is 4.98 Å². The molecule has 1 aromatic heterocycles. The van der Waals surface area contributed by atoms with Crippen LogP contribution in [0.3, 0.4) is 0 Å². The van der Waals surface area contributed by atoms with E-state index >= 15 is 0 Å². The van der Waals surface area contributed by atoms with E-state index in [4.69, 9.17) is 13.9 Å². The zero-order chi connectivity index (χ0) is 18.4. The van der Waals surface area contributed by atoms with Crippen molar-refractivity contribution < 1.29 is 18.7 Å². The minimum atomic E-state index is -0.225. The Morgan fingerprint density at radius 1 is 1.15 bits per heavy atom. The van der Waals surface area contributed by atoms with Crippen molar-refractivity contribution in [2.24, 2.45) is 0 Å². The highest BCUT2D eigenvalue weighted by molar-refractivity contribution is 5.93. The summed E-state index contributed by atoms with van der Waals surface area (Å²) < 4.78 is 16.5. The van der Waals surface area contributed by atoms with Gasteiger partial charge in [-0.3, -0.25) is 4.79 Å². The number of nitrogens with zero attached hydrogens (tertiary/aromatic N) is 1. The highest BCUT2D eigenvalue weighted by Gasteiger charge is 2.10. The molecule has 1 amide bonds. The molecule has 3 rings (SSSR count). The third-order valence-electron chi connectivity index (χ3n) is 3.65. The summed E-state index contributed by atoms with van der Waals surface area (Å²) in [6, 6.07) is 14.9. The standard InChI is InChI=1S/C20H22N2O4/c1-14(2)20-22-17-12-15(8-9-18(17)26-20)21-19(23)13-24-10-11-25-16-6-4-3-5-7-16/h3-9,12,14H,10-11,13H2,1-2H3,(H,21,23). The summed E-state index contributed by atoms with van der Waals surface area (Å²) in [7, 11) is 0. The topological polar surface area (TPSA) is 73.6 Å². The van der Waals surface area contributed by atoms with Gasteiger partial charge in [-0.15, -0.1) is 0 Å². The first-order chi connectivity index (χ1) is 12.6. The summed E-state index contributed by atoms with van der Waals surface area (Å²) in [5.74, 6) is 1.45. The fraction of sp³-hybridized carbons (Fsp3) is 0.300. The lowest BCUT2D eigenvalue weighted by atomic mass is 10.2. The number of hydrogen-bond donors (Lipinski definition) is 1. The average Bonchev–Trinajstić information content (AvgIpc) is 3.06. The molecule has 0 saturated carbocycles. The van der Waals surface area contributed by atoms with Gasteiger partial charge in [0.1, 0.15) is 24.5 Å². The number of carbonyl (C=O) groups is 1. The zero-order valence-corrected chi connectivity index (χ0v) is 14.9. The molecule has 6 nitrogen and oxygen atoms in total. The molecular weight excluding hydrogens is 332 g/mol. The van der Waals surface area contributed by atoms with Gasteiger partial charge in [0.15, 0.2) is 11.5 Å². The number of fused-ring (bicyclic) bond motifs is 1. The molecule has 0 bridgehead atoms. The second-order valence-electron chi connectivity index (χ2n) is 6.15.